The summed E-state index contributed by atoms with van der Waals surface area (Å²) in [6, 6.07) is 8.90. The highest BCUT2D eigenvalue weighted by atomic mass is 19.4. The van der Waals surface area contributed by atoms with Crippen molar-refractivity contribution in [3.05, 3.63) is 47.3 Å². The Morgan fingerprint density at radius 3 is 2.43 bits per heavy atom. The van der Waals surface area contributed by atoms with Gasteiger partial charge in [-0.05, 0) is 62.5 Å². The third kappa shape index (κ3) is 5.41. The van der Waals surface area contributed by atoms with Crippen LogP contribution in [0.5, 0.6) is 0 Å². The molecule has 2 heterocycles. The molecule has 0 bridgehead atoms. The zero-order chi connectivity index (χ0) is 21.1. The number of alkyl halides is 3. The SMILES string of the molecule is O=C(CCn1nc(C(F)(F)F)cc1C1CC1)Nc1ccc(CN2CCCCC2)cc1. The van der Waals surface area contributed by atoms with Gasteiger partial charge in [-0.25, -0.2) is 0 Å². The van der Waals surface area contributed by atoms with E-state index in [1.807, 2.05) is 24.3 Å². The normalized spacial score (nSPS) is 17.8. The second-order valence-corrected chi connectivity index (χ2v) is 8.28. The van der Waals surface area contributed by atoms with Crippen LogP contribution in [0.1, 0.15) is 61.4 Å². The van der Waals surface area contributed by atoms with Crippen LogP contribution >= 0.6 is 0 Å². The van der Waals surface area contributed by atoms with Crippen LogP contribution in [0.4, 0.5) is 18.9 Å². The molecule has 1 amide bonds. The molecule has 4 rings (SSSR count). The van der Waals surface area contributed by atoms with Crippen LogP contribution in [0.25, 0.3) is 0 Å². The Labute approximate surface area is 174 Å². The average Bonchev–Trinajstić information content (AvgIpc) is 3.46. The highest BCUT2D eigenvalue weighted by molar-refractivity contribution is 5.90. The van der Waals surface area contributed by atoms with Crippen molar-refractivity contribution < 1.29 is 18.0 Å². The van der Waals surface area contributed by atoms with Crippen LogP contribution in [-0.2, 0) is 24.1 Å². The Bertz CT molecular complexity index is 865. The Morgan fingerprint density at radius 1 is 1.10 bits per heavy atom. The van der Waals surface area contributed by atoms with Crippen LogP contribution in [0, 0.1) is 0 Å². The largest absolute Gasteiger partial charge is 0.435 e. The monoisotopic (exact) mass is 420 g/mol. The number of halogens is 3. The fraction of sp³-hybridized carbons (Fsp3) is 0.545. The van der Waals surface area contributed by atoms with Crippen molar-refractivity contribution in [3.63, 3.8) is 0 Å². The van der Waals surface area contributed by atoms with Crippen LogP contribution in [0.15, 0.2) is 30.3 Å². The number of piperidine rings is 1. The maximum atomic E-state index is 13.0. The molecule has 1 saturated carbocycles. The second kappa shape index (κ2) is 8.79. The highest BCUT2D eigenvalue weighted by Crippen LogP contribution is 2.42. The van der Waals surface area contributed by atoms with Gasteiger partial charge in [-0.15, -0.1) is 0 Å². The van der Waals surface area contributed by atoms with Crippen LogP contribution < -0.4 is 5.32 Å². The first kappa shape index (κ1) is 20.9. The lowest BCUT2D eigenvalue weighted by molar-refractivity contribution is -0.141. The van der Waals surface area contributed by atoms with Gasteiger partial charge in [0.25, 0.3) is 0 Å². The molecule has 1 N–H and O–H groups in total. The summed E-state index contributed by atoms with van der Waals surface area (Å²) < 4.78 is 40.3. The molecule has 2 aliphatic rings. The lowest BCUT2D eigenvalue weighted by atomic mass is 10.1. The van der Waals surface area contributed by atoms with Gasteiger partial charge >= 0.3 is 6.18 Å². The number of carbonyl (C=O) groups excluding carboxylic acids is 1. The molecule has 5 nitrogen and oxygen atoms in total. The summed E-state index contributed by atoms with van der Waals surface area (Å²) in [6.45, 7) is 3.31. The first-order valence-electron chi connectivity index (χ1n) is 10.6. The van der Waals surface area contributed by atoms with E-state index in [9.17, 15) is 18.0 Å². The van der Waals surface area contributed by atoms with Crippen molar-refractivity contribution in [1.29, 1.82) is 0 Å². The van der Waals surface area contributed by atoms with E-state index in [0.717, 1.165) is 38.5 Å². The third-order valence-electron chi connectivity index (χ3n) is 5.74. The number of carbonyl (C=O) groups is 1. The maximum Gasteiger partial charge on any atom is 0.435 e. The molecule has 2 aromatic rings. The number of hydrogen-bond donors (Lipinski definition) is 1. The maximum absolute atomic E-state index is 13.0. The molecule has 162 valence electrons. The number of nitrogens with zero attached hydrogens (tertiary/aromatic N) is 3. The van der Waals surface area contributed by atoms with E-state index in [-0.39, 0.29) is 24.8 Å². The lowest BCUT2D eigenvalue weighted by Crippen LogP contribution is -2.29. The molecule has 30 heavy (non-hydrogen) atoms. The van der Waals surface area contributed by atoms with E-state index in [4.69, 9.17) is 0 Å². The molecule has 1 aromatic heterocycles. The van der Waals surface area contributed by atoms with E-state index in [1.165, 1.54) is 29.5 Å². The molecule has 1 saturated heterocycles. The fourth-order valence-electron chi connectivity index (χ4n) is 3.96. The van der Waals surface area contributed by atoms with E-state index in [0.29, 0.717) is 11.4 Å². The molecule has 8 heteroatoms. The van der Waals surface area contributed by atoms with Crippen LogP contribution in [0.2, 0.25) is 0 Å². The summed E-state index contributed by atoms with van der Waals surface area (Å²) in [7, 11) is 0. The standard InChI is InChI=1S/C22H27F3N4O/c23-22(24,25)20-14-19(17-6-7-17)29(27-20)13-10-21(30)26-18-8-4-16(5-9-18)15-28-11-2-1-3-12-28/h4-5,8-9,14,17H,1-3,6-7,10-13,15H2,(H,26,30). The first-order chi connectivity index (χ1) is 14.4. The summed E-state index contributed by atoms with van der Waals surface area (Å²) in [5, 5.41) is 6.52. The van der Waals surface area contributed by atoms with E-state index in [1.54, 1.807) is 0 Å². The lowest BCUT2D eigenvalue weighted by Gasteiger charge is -2.26. The third-order valence-corrected chi connectivity index (χ3v) is 5.74. The van der Waals surface area contributed by atoms with Crippen LogP contribution in [-0.4, -0.2) is 33.7 Å². The quantitative estimate of drug-likeness (QED) is 0.700. The number of hydrogen-bond acceptors (Lipinski definition) is 3. The zero-order valence-corrected chi connectivity index (χ0v) is 16.9. The molecule has 0 radical (unpaired) electrons. The number of aromatic nitrogens is 2. The van der Waals surface area contributed by atoms with Crippen molar-refractivity contribution in [2.45, 2.75) is 63.7 Å². The predicted octanol–water partition coefficient (Wildman–Crippen LogP) is 4.79. The minimum atomic E-state index is -4.47. The topological polar surface area (TPSA) is 50.2 Å². The van der Waals surface area contributed by atoms with E-state index in [2.05, 4.69) is 15.3 Å². The predicted molar refractivity (Wildman–Crippen MR) is 108 cm³/mol. The van der Waals surface area contributed by atoms with Gasteiger partial charge in [-0.3, -0.25) is 14.4 Å². The number of benzene rings is 1. The minimum absolute atomic E-state index is 0.0776. The Morgan fingerprint density at radius 2 is 1.80 bits per heavy atom. The smallest absolute Gasteiger partial charge is 0.326 e. The molecule has 0 spiro atoms. The molecule has 1 aliphatic heterocycles. The van der Waals surface area contributed by atoms with Crippen molar-refractivity contribution >= 4 is 11.6 Å². The van der Waals surface area contributed by atoms with Gasteiger partial charge < -0.3 is 5.32 Å². The summed E-state index contributed by atoms with van der Waals surface area (Å²) >= 11 is 0. The summed E-state index contributed by atoms with van der Waals surface area (Å²) in [5.41, 5.74) is 1.60. The summed E-state index contributed by atoms with van der Waals surface area (Å²) in [6.07, 6.45) is 1.16. The average molecular weight is 420 g/mol. The van der Waals surface area contributed by atoms with Gasteiger partial charge in [-0.2, -0.15) is 18.3 Å². The number of anilines is 1. The van der Waals surface area contributed by atoms with E-state index < -0.39 is 11.9 Å². The number of amides is 1. The summed E-state index contributed by atoms with van der Waals surface area (Å²) in [4.78, 5) is 14.7. The molecule has 0 atom stereocenters. The molecule has 2 fully saturated rings. The number of nitrogens with one attached hydrogen (secondary N) is 1. The molecular formula is C22H27F3N4O. The van der Waals surface area contributed by atoms with Crippen molar-refractivity contribution in [1.82, 2.24) is 14.7 Å². The van der Waals surface area contributed by atoms with Gasteiger partial charge in [0.1, 0.15) is 0 Å². The van der Waals surface area contributed by atoms with Crippen molar-refractivity contribution in [2.75, 3.05) is 18.4 Å². The number of aryl methyl sites for hydroxylation is 1. The van der Waals surface area contributed by atoms with Gasteiger partial charge in [0.2, 0.25) is 5.91 Å². The zero-order valence-electron chi connectivity index (χ0n) is 16.9. The van der Waals surface area contributed by atoms with Gasteiger partial charge in [0, 0.05) is 36.8 Å². The minimum Gasteiger partial charge on any atom is -0.326 e. The van der Waals surface area contributed by atoms with Crippen molar-refractivity contribution in [2.24, 2.45) is 0 Å². The van der Waals surface area contributed by atoms with Crippen LogP contribution in [0.3, 0.4) is 0 Å². The van der Waals surface area contributed by atoms with E-state index >= 15 is 0 Å². The molecule has 0 unspecified atom stereocenters. The van der Waals surface area contributed by atoms with Crippen molar-refractivity contribution in [3.8, 4) is 0 Å². The second-order valence-electron chi connectivity index (χ2n) is 8.28. The Kier molecular flexibility index (Phi) is 6.13. The Hall–Kier alpha value is -2.35. The number of likely N-dealkylation sites (tertiary alicyclic amines) is 1. The highest BCUT2D eigenvalue weighted by Gasteiger charge is 2.37. The first-order valence-corrected chi connectivity index (χ1v) is 10.6. The number of rotatable bonds is 7. The molecule has 1 aromatic carbocycles. The van der Waals surface area contributed by atoms with Gasteiger partial charge in [-0.1, -0.05) is 18.6 Å². The fourth-order valence-corrected chi connectivity index (χ4v) is 3.96. The van der Waals surface area contributed by atoms with Gasteiger partial charge in [0.05, 0.1) is 0 Å². The molecule has 1 aliphatic carbocycles. The molecular weight excluding hydrogens is 393 g/mol. The summed E-state index contributed by atoms with van der Waals surface area (Å²) in [5.74, 6) is -0.103. The van der Waals surface area contributed by atoms with Gasteiger partial charge in [0.15, 0.2) is 5.69 Å². The Balaban J connectivity index is 1.30.